The SMILES string of the molecule is CC(C)(C)OC(=O)Nc1nc(Cl)c(C(=O)N(Cc2ccc(Cl)c(Oc3cc(Cl)cc(C#N)c3)c2F)C(=O)OC(C)(C)C)n1COCC[Si](C)(C)C. The van der Waals surface area contributed by atoms with Crippen molar-refractivity contribution >= 4 is 66.9 Å². The Balaban J connectivity index is 2.10. The third kappa shape index (κ3) is 12.4. The molecule has 3 aromatic rings. The van der Waals surface area contributed by atoms with Gasteiger partial charge in [-0.1, -0.05) is 60.5 Å². The van der Waals surface area contributed by atoms with E-state index in [0.29, 0.717) is 11.5 Å². The number of ether oxygens (including phenoxy) is 4. The van der Waals surface area contributed by atoms with Crippen LogP contribution in [-0.2, 0) is 27.5 Å². The molecule has 0 aliphatic carbocycles. The number of amides is 3. The van der Waals surface area contributed by atoms with E-state index in [1.807, 2.05) is 6.07 Å². The lowest BCUT2D eigenvalue weighted by Crippen LogP contribution is -2.41. The number of carbonyl (C=O) groups is 3. The Morgan fingerprint density at radius 1 is 1.02 bits per heavy atom. The number of nitrogens with one attached hydrogen (secondary N) is 1. The van der Waals surface area contributed by atoms with Gasteiger partial charge in [0, 0.05) is 25.3 Å². The van der Waals surface area contributed by atoms with Crippen molar-refractivity contribution in [1.82, 2.24) is 14.5 Å². The predicted molar refractivity (Wildman–Crippen MR) is 195 cm³/mol. The molecule has 0 bridgehead atoms. The molecular weight excluding hydrogens is 744 g/mol. The van der Waals surface area contributed by atoms with Crippen LogP contribution in [0.3, 0.4) is 0 Å². The fourth-order valence-electron chi connectivity index (χ4n) is 4.20. The highest BCUT2D eigenvalue weighted by atomic mass is 35.5. The summed E-state index contributed by atoms with van der Waals surface area (Å²) in [5.74, 6) is -2.67. The molecule has 2 aromatic carbocycles. The summed E-state index contributed by atoms with van der Waals surface area (Å²) in [6.07, 6.45) is -2.02. The van der Waals surface area contributed by atoms with Gasteiger partial charge in [0.2, 0.25) is 5.95 Å². The van der Waals surface area contributed by atoms with Crippen molar-refractivity contribution in [3.8, 4) is 17.6 Å². The third-order valence-electron chi connectivity index (χ3n) is 6.49. The van der Waals surface area contributed by atoms with Gasteiger partial charge in [0.05, 0.1) is 23.2 Å². The van der Waals surface area contributed by atoms with Gasteiger partial charge >= 0.3 is 12.2 Å². The Morgan fingerprint density at radius 3 is 2.25 bits per heavy atom. The van der Waals surface area contributed by atoms with E-state index in [2.05, 4.69) is 29.9 Å². The fraction of sp³-hybridized carbons (Fsp3) is 0.441. The minimum absolute atomic E-state index is 0.0203. The molecule has 17 heteroatoms. The summed E-state index contributed by atoms with van der Waals surface area (Å²) < 4.78 is 39.8. The number of imidazole rings is 1. The molecule has 0 atom stereocenters. The topological polar surface area (TPSA) is 145 Å². The zero-order valence-corrected chi connectivity index (χ0v) is 33.1. The molecule has 0 aliphatic heterocycles. The molecule has 51 heavy (non-hydrogen) atoms. The molecular formula is C34H41Cl3FN5O7Si. The van der Waals surface area contributed by atoms with E-state index in [1.165, 1.54) is 34.9 Å². The Kier molecular flexibility index (Phi) is 13.6. The molecule has 1 N–H and O–H groups in total. The molecule has 0 unspecified atom stereocenters. The molecule has 0 spiro atoms. The van der Waals surface area contributed by atoms with Crippen molar-refractivity contribution in [1.29, 1.82) is 5.26 Å². The second kappa shape index (κ2) is 16.6. The van der Waals surface area contributed by atoms with Gasteiger partial charge in [0.15, 0.2) is 16.7 Å². The molecule has 276 valence electrons. The Labute approximate surface area is 312 Å². The highest BCUT2D eigenvalue weighted by Crippen LogP contribution is 2.36. The maximum atomic E-state index is 16.2. The smallest absolute Gasteiger partial charge is 0.417 e. The summed E-state index contributed by atoms with van der Waals surface area (Å²) in [6.45, 7) is 15.6. The molecule has 3 rings (SSSR count). The number of rotatable bonds is 11. The van der Waals surface area contributed by atoms with Crippen molar-refractivity contribution in [2.75, 3.05) is 11.9 Å². The minimum Gasteiger partial charge on any atom is -0.453 e. The van der Waals surface area contributed by atoms with E-state index in [0.717, 1.165) is 6.04 Å². The maximum Gasteiger partial charge on any atom is 0.417 e. The fourth-order valence-corrected chi connectivity index (χ4v) is 5.63. The summed E-state index contributed by atoms with van der Waals surface area (Å²) in [6, 6.07) is 9.39. The van der Waals surface area contributed by atoms with Gasteiger partial charge in [-0.15, -0.1) is 0 Å². The standard InChI is InChI=1S/C34H41Cl3FN5O7Si/c1-33(2,3)49-31(45)41-30-40-28(37)26(43(30)19-47-12-13-51(7,8)9)29(44)42(32(46)50-34(4,5)6)18-21-10-11-24(36)27(25(21)38)48-23-15-20(17-39)14-22(35)16-23/h10-11,14-16H,12-13,18-19H2,1-9H3,(H,40,41,45). The van der Waals surface area contributed by atoms with Gasteiger partial charge in [-0.25, -0.2) is 18.9 Å². The van der Waals surface area contributed by atoms with Crippen molar-refractivity contribution in [2.24, 2.45) is 0 Å². The zero-order chi connectivity index (χ0) is 38.5. The molecule has 1 heterocycles. The summed E-state index contributed by atoms with van der Waals surface area (Å²) in [4.78, 5) is 45.5. The molecule has 0 aliphatic rings. The van der Waals surface area contributed by atoms with E-state index in [4.69, 9.17) is 53.8 Å². The number of aromatic nitrogens is 2. The summed E-state index contributed by atoms with van der Waals surface area (Å²) in [5, 5.41) is 11.4. The van der Waals surface area contributed by atoms with Crippen LogP contribution >= 0.6 is 34.8 Å². The number of nitrogens with zero attached hydrogens (tertiary/aromatic N) is 4. The van der Waals surface area contributed by atoms with Crippen LogP contribution in [0, 0.1) is 17.1 Å². The molecule has 12 nitrogen and oxygen atoms in total. The van der Waals surface area contributed by atoms with Gasteiger partial charge < -0.3 is 18.9 Å². The largest absolute Gasteiger partial charge is 0.453 e. The van der Waals surface area contributed by atoms with E-state index in [1.54, 1.807) is 41.5 Å². The second-order valence-corrected chi connectivity index (χ2v) is 21.4. The first-order valence-electron chi connectivity index (χ1n) is 15.7. The first-order chi connectivity index (χ1) is 23.5. The minimum atomic E-state index is -1.52. The summed E-state index contributed by atoms with van der Waals surface area (Å²) >= 11 is 18.9. The normalized spacial score (nSPS) is 11.8. The molecule has 3 amide bonds. The van der Waals surface area contributed by atoms with Crippen LogP contribution in [0.5, 0.6) is 11.5 Å². The van der Waals surface area contributed by atoms with Crippen LogP contribution in [0.2, 0.25) is 40.9 Å². The number of imide groups is 1. The van der Waals surface area contributed by atoms with Crippen molar-refractivity contribution in [3.63, 3.8) is 0 Å². The number of nitriles is 1. The maximum absolute atomic E-state index is 16.2. The average Bonchev–Trinajstić information content (AvgIpc) is 3.27. The highest BCUT2D eigenvalue weighted by Gasteiger charge is 2.35. The zero-order valence-electron chi connectivity index (χ0n) is 29.9. The van der Waals surface area contributed by atoms with Crippen molar-refractivity contribution in [3.05, 3.63) is 68.2 Å². The number of halogens is 4. The van der Waals surface area contributed by atoms with Crippen LogP contribution in [0.25, 0.3) is 0 Å². The van der Waals surface area contributed by atoms with E-state index in [-0.39, 0.29) is 50.4 Å². The molecule has 0 saturated carbocycles. The lowest BCUT2D eigenvalue weighted by molar-refractivity contribution is 0.0214. The van der Waals surface area contributed by atoms with Crippen LogP contribution < -0.4 is 10.1 Å². The van der Waals surface area contributed by atoms with Crippen molar-refractivity contribution < 1.29 is 37.7 Å². The Morgan fingerprint density at radius 2 is 1.67 bits per heavy atom. The molecule has 0 fully saturated rings. The van der Waals surface area contributed by atoms with Crippen LogP contribution in [0.1, 0.15) is 63.2 Å². The van der Waals surface area contributed by atoms with Crippen LogP contribution in [-0.4, -0.2) is 58.4 Å². The van der Waals surface area contributed by atoms with Gasteiger partial charge in [-0.2, -0.15) is 10.2 Å². The summed E-state index contributed by atoms with van der Waals surface area (Å²) in [5.41, 5.74) is -2.32. The van der Waals surface area contributed by atoms with E-state index < -0.39 is 55.5 Å². The Bertz CT molecular complexity index is 1830. The average molecular weight is 785 g/mol. The highest BCUT2D eigenvalue weighted by molar-refractivity contribution is 6.76. The first kappa shape index (κ1) is 41.5. The quantitative estimate of drug-likeness (QED) is 0.148. The lowest BCUT2D eigenvalue weighted by Gasteiger charge is -2.27. The number of hydrogen-bond donors (Lipinski definition) is 1. The van der Waals surface area contributed by atoms with Gasteiger partial charge in [-0.3, -0.25) is 14.7 Å². The van der Waals surface area contributed by atoms with E-state index in [9.17, 15) is 19.6 Å². The number of hydrogen-bond acceptors (Lipinski definition) is 9. The van der Waals surface area contributed by atoms with Crippen LogP contribution in [0.15, 0.2) is 30.3 Å². The second-order valence-electron chi connectivity index (χ2n) is 14.6. The van der Waals surface area contributed by atoms with Crippen molar-refractivity contribution in [2.45, 2.75) is 91.7 Å². The predicted octanol–water partition coefficient (Wildman–Crippen LogP) is 9.88. The molecule has 0 radical (unpaired) electrons. The third-order valence-corrected chi connectivity index (χ3v) is 8.98. The van der Waals surface area contributed by atoms with Gasteiger partial charge in [0.25, 0.3) is 5.91 Å². The van der Waals surface area contributed by atoms with E-state index >= 15 is 4.39 Å². The first-order valence-corrected chi connectivity index (χ1v) is 20.6. The molecule has 0 saturated heterocycles. The van der Waals surface area contributed by atoms with Gasteiger partial charge in [-0.05, 0) is 71.9 Å². The lowest BCUT2D eigenvalue weighted by atomic mass is 10.1. The monoisotopic (exact) mass is 783 g/mol. The molecule has 1 aromatic heterocycles. The van der Waals surface area contributed by atoms with Gasteiger partial charge in [0.1, 0.15) is 29.4 Å². The van der Waals surface area contributed by atoms with Crippen LogP contribution in [0.4, 0.5) is 19.9 Å². The number of benzene rings is 2. The number of carbonyl (C=O) groups excluding carboxylic acids is 3. The summed E-state index contributed by atoms with van der Waals surface area (Å²) in [7, 11) is -1.52. The Hall–Kier alpha value is -3.87. The number of anilines is 1.